The van der Waals surface area contributed by atoms with Crippen LogP contribution in [-0.2, 0) is 4.79 Å². The summed E-state index contributed by atoms with van der Waals surface area (Å²) in [6.45, 7) is 2.68. The molecule has 7 nitrogen and oxygen atoms in total. The highest BCUT2D eigenvalue weighted by molar-refractivity contribution is 5.82. The van der Waals surface area contributed by atoms with Crippen LogP contribution in [0.5, 0.6) is 0 Å². The van der Waals surface area contributed by atoms with E-state index in [-0.39, 0.29) is 16.9 Å². The number of imidazole rings is 1. The first-order valence-corrected chi connectivity index (χ1v) is 8.60. The smallest absolute Gasteiger partial charge is 0.233 e. The van der Waals surface area contributed by atoms with Gasteiger partial charge in [0.05, 0.1) is 17.9 Å². The van der Waals surface area contributed by atoms with Crippen LogP contribution >= 0.6 is 0 Å². The Morgan fingerprint density at radius 3 is 3.00 bits per heavy atom. The molecule has 1 amide bonds. The third kappa shape index (κ3) is 2.90. The molecule has 7 heteroatoms. The quantitative estimate of drug-likeness (QED) is 0.684. The largest absolute Gasteiger partial charge is 0.340 e. The molecule has 1 aromatic carbocycles. The van der Waals surface area contributed by atoms with E-state index in [0.717, 1.165) is 29.9 Å². The van der Waals surface area contributed by atoms with E-state index in [4.69, 9.17) is 0 Å². The number of aryl methyl sites for hydroxylation is 1. The van der Waals surface area contributed by atoms with E-state index in [1.165, 1.54) is 5.56 Å². The molecule has 1 aliphatic carbocycles. The van der Waals surface area contributed by atoms with Crippen LogP contribution in [0.2, 0.25) is 0 Å². The molecule has 2 aliphatic rings. The second-order valence-corrected chi connectivity index (χ2v) is 6.94. The minimum Gasteiger partial charge on any atom is -0.340 e. The van der Waals surface area contributed by atoms with Gasteiger partial charge < -0.3 is 9.88 Å². The molecule has 1 N–H and O–H groups in total. The van der Waals surface area contributed by atoms with Crippen LogP contribution in [0, 0.1) is 23.0 Å². The third-order valence-corrected chi connectivity index (χ3v) is 5.12. The summed E-state index contributed by atoms with van der Waals surface area (Å²) in [6.07, 6.45) is 3.89. The van der Waals surface area contributed by atoms with Crippen molar-refractivity contribution in [2.75, 3.05) is 6.54 Å². The lowest BCUT2D eigenvalue weighted by atomic mass is 10.1. The molecule has 0 radical (unpaired) electrons. The highest BCUT2D eigenvalue weighted by Gasteiger charge is 2.55. The standard InChI is InChI=1S/C18H20N4O3/c1-11-4-2-5-12(8-11)14-10-19-17(20-14)15-6-3-7-21(15)18(23)13-9-16(13)22(24)25/h2,4-5,8,10,13,15-16H,3,6-7,9H2,1H3,(H,19,20)/t13-,15-,16+/m0/s1. The second kappa shape index (κ2) is 5.98. The molecule has 0 spiro atoms. The Hall–Kier alpha value is -2.70. The minimum atomic E-state index is -0.701. The number of nitrogens with one attached hydrogen (secondary N) is 1. The van der Waals surface area contributed by atoms with Crippen molar-refractivity contribution in [3.05, 3.63) is 52.0 Å². The number of nitro groups is 1. The van der Waals surface area contributed by atoms with Gasteiger partial charge in [0.1, 0.15) is 11.7 Å². The predicted octanol–water partition coefficient (Wildman–Crippen LogP) is 2.71. The van der Waals surface area contributed by atoms with Crippen LogP contribution in [0.1, 0.15) is 36.7 Å². The lowest BCUT2D eigenvalue weighted by Gasteiger charge is -2.22. The van der Waals surface area contributed by atoms with E-state index < -0.39 is 12.0 Å². The van der Waals surface area contributed by atoms with Gasteiger partial charge >= 0.3 is 0 Å². The fourth-order valence-corrected chi connectivity index (χ4v) is 3.67. The van der Waals surface area contributed by atoms with Crippen molar-refractivity contribution < 1.29 is 9.72 Å². The number of H-pyrrole nitrogens is 1. The topological polar surface area (TPSA) is 92.1 Å². The summed E-state index contributed by atoms with van der Waals surface area (Å²) < 4.78 is 0. The van der Waals surface area contributed by atoms with Crippen LogP contribution < -0.4 is 0 Å². The SMILES string of the molecule is Cc1cccc(-c2cnc([C@@H]3CCCN3C(=O)[C@H]3C[C@H]3[N+](=O)[O-])[nH]2)c1. The van der Waals surface area contributed by atoms with E-state index >= 15 is 0 Å². The molecule has 0 bridgehead atoms. The molecule has 2 aromatic rings. The average molecular weight is 340 g/mol. The normalized spacial score (nSPS) is 25.2. The number of benzene rings is 1. The molecular formula is C18H20N4O3. The molecule has 0 unspecified atom stereocenters. The van der Waals surface area contributed by atoms with Gasteiger partial charge in [-0.15, -0.1) is 0 Å². The number of aromatic nitrogens is 2. The van der Waals surface area contributed by atoms with Gasteiger partial charge in [-0.3, -0.25) is 14.9 Å². The van der Waals surface area contributed by atoms with Crippen LogP contribution in [-0.4, -0.2) is 38.3 Å². The van der Waals surface area contributed by atoms with Crippen LogP contribution in [0.3, 0.4) is 0 Å². The first kappa shape index (κ1) is 15.8. The lowest BCUT2D eigenvalue weighted by molar-refractivity contribution is -0.497. The molecule has 4 rings (SSSR count). The van der Waals surface area contributed by atoms with Gasteiger partial charge in [0.2, 0.25) is 11.9 Å². The van der Waals surface area contributed by atoms with Gasteiger partial charge in [-0.25, -0.2) is 4.98 Å². The zero-order chi connectivity index (χ0) is 17.6. The Bertz CT molecular complexity index is 831. The summed E-state index contributed by atoms with van der Waals surface area (Å²) in [4.78, 5) is 32.7. The van der Waals surface area contributed by atoms with E-state index in [0.29, 0.717) is 13.0 Å². The Kier molecular flexibility index (Phi) is 3.78. The van der Waals surface area contributed by atoms with E-state index in [1.54, 1.807) is 11.1 Å². The second-order valence-electron chi connectivity index (χ2n) is 6.94. The molecule has 3 atom stereocenters. The molecule has 1 aliphatic heterocycles. The monoisotopic (exact) mass is 340 g/mol. The maximum Gasteiger partial charge on any atom is 0.233 e. The fraction of sp³-hybridized carbons (Fsp3) is 0.444. The highest BCUT2D eigenvalue weighted by atomic mass is 16.6. The molecule has 25 heavy (non-hydrogen) atoms. The minimum absolute atomic E-state index is 0.0993. The summed E-state index contributed by atoms with van der Waals surface area (Å²) in [5.74, 6) is 0.208. The highest BCUT2D eigenvalue weighted by Crippen LogP contribution is 2.40. The van der Waals surface area contributed by atoms with E-state index in [1.807, 2.05) is 25.1 Å². The zero-order valence-corrected chi connectivity index (χ0v) is 14.0. The zero-order valence-electron chi connectivity index (χ0n) is 14.0. The van der Waals surface area contributed by atoms with Crippen LogP contribution in [0.4, 0.5) is 0 Å². The van der Waals surface area contributed by atoms with Gasteiger partial charge in [0.15, 0.2) is 0 Å². The fourth-order valence-electron chi connectivity index (χ4n) is 3.67. The van der Waals surface area contributed by atoms with Gasteiger partial charge in [0, 0.05) is 17.9 Å². The maximum absolute atomic E-state index is 12.6. The van der Waals surface area contributed by atoms with Gasteiger partial charge in [-0.1, -0.05) is 23.8 Å². The first-order valence-electron chi connectivity index (χ1n) is 8.60. The van der Waals surface area contributed by atoms with Crippen molar-refractivity contribution in [3.63, 3.8) is 0 Å². The Morgan fingerprint density at radius 1 is 1.44 bits per heavy atom. The number of carbonyl (C=O) groups is 1. The van der Waals surface area contributed by atoms with E-state index in [2.05, 4.69) is 16.0 Å². The lowest BCUT2D eigenvalue weighted by Crippen LogP contribution is -2.33. The summed E-state index contributed by atoms with van der Waals surface area (Å²) in [5, 5.41) is 10.8. The van der Waals surface area contributed by atoms with Crippen LogP contribution in [0.25, 0.3) is 11.3 Å². The molecule has 2 fully saturated rings. The van der Waals surface area contributed by atoms with Gasteiger partial charge in [-0.05, 0) is 31.4 Å². The number of amides is 1. The maximum atomic E-state index is 12.6. The van der Waals surface area contributed by atoms with Gasteiger partial charge in [-0.2, -0.15) is 0 Å². The number of likely N-dealkylation sites (tertiary alicyclic amines) is 1. The van der Waals surface area contributed by atoms with Crippen molar-refractivity contribution in [1.82, 2.24) is 14.9 Å². The predicted molar refractivity (Wildman–Crippen MR) is 91.3 cm³/mol. The number of hydrogen-bond donors (Lipinski definition) is 1. The van der Waals surface area contributed by atoms with Gasteiger partial charge in [0.25, 0.3) is 0 Å². The third-order valence-electron chi connectivity index (χ3n) is 5.12. The van der Waals surface area contributed by atoms with Crippen molar-refractivity contribution in [2.24, 2.45) is 5.92 Å². The summed E-state index contributed by atoms with van der Waals surface area (Å²) in [5.41, 5.74) is 3.16. The molecule has 1 aromatic heterocycles. The first-order chi connectivity index (χ1) is 12.0. The Balaban J connectivity index is 1.53. The molecule has 130 valence electrons. The summed E-state index contributed by atoms with van der Waals surface area (Å²) >= 11 is 0. The average Bonchev–Trinajstić information content (AvgIpc) is 3.02. The van der Waals surface area contributed by atoms with E-state index in [9.17, 15) is 14.9 Å². The molecular weight excluding hydrogens is 320 g/mol. The Labute approximate surface area is 145 Å². The summed E-state index contributed by atoms with van der Waals surface area (Å²) in [6, 6.07) is 7.34. The van der Waals surface area contributed by atoms with Crippen molar-refractivity contribution in [1.29, 1.82) is 0 Å². The molecule has 1 saturated heterocycles. The van der Waals surface area contributed by atoms with Crippen LogP contribution in [0.15, 0.2) is 30.5 Å². The van der Waals surface area contributed by atoms with Crippen molar-refractivity contribution in [2.45, 2.75) is 38.3 Å². The Morgan fingerprint density at radius 2 is 2.28 bits per heavy atom. The number of nitrogens with zero attached hydrogens (tertiary/aromatic N) is 3. The molecule has 1 saturated carbocycles. The number of carbonyl (C=O) groups excluding carboxylic acids is 1. The summed E-state index contributed by atoms with van der Waals surface area (Å²) in [7, 11) is 0. The molecule has 2 heterocycles. The number of hydrogen-bond acceptors (Lipinski definition) is 4. The van der Waals surface area contributed by atoms with Crippen molar-refractivity contribution >= 4 is 5.91 Å². The number of rotatable bonds is 4. The van der Waals surface area contributed by atoms with Crippen molar-refractivity contribution in [3.8, 4) is 11.3 Å². The number of aromatic amines is 1.